The van der Waals surface area contributed by atoms with Crippen LogP contribution in [-0.2, 0) is 22.7 Å². The fourth-order valence-electron chi connectivity index (χ4n) is 2.06. The Balaban J connectivity index is 1.60. The van der Waals surface area contributed by atoms with E-state index in [0.717, 1.165) is 0 Å². The van der Waals surface area contributed by atoms with Gasteiger partial charge < -0.3 is 9.47 Å². The van der Waals surface area contributed by atoms with Crippen molar-refractivity contribution in [1.82, 2.24) is 15.0 Å². The van der Waals surface area contributed by atoms with Crippen LogP contribution in [-0.4, -0.2) is 26.9 Å². The normalized spacial score (nSPS) is 10.2. The van der Waals surface area contributed by atoms with E-state index in [1.807, 2.05) is 0 Å². The number of aromatic nitrogens is 3. The Labute approximate surface area is 149 Å². The lowest BCUT2D eigenvalue weighted by Gasteiger charge is -2.06. The molecule has 0 fully saturated rings. The van der Waals surface area contributed by atoms with Gasteiger partial charge in [0.2, 0.25) is 0 Å². The van der Waals surface area contributed by atoms with Crippen LogP contribution in [0.25, 0.3) is 0 Å². The topological polar surface area (TPSA) is 91.3 Å². The van der Waals surface area contributed by atoms with Crippen LogP contribution in [0.1, 0.15) is 32.4 Å². The zero-order valence-electron chi connectivity index (χ0n) is 13.7. The fourth-order valence-corrected chi connectivity index (χ4v) is 2.06. The Kier molecular flexibility index (Phi) is 5.61. The van der Waals surface area contributed by atoms with Crippen molar-refractivity contribution < 1.29 is 19.1 Å². The molecule has 0 bridgehead atoms. The van der Waals surface area contributed by atoms with Gasteiger partial charge in [0, 0.05) is 12.4 Å². The van der Waals surface area contributed by atoms with Crippen LogP contribution in [0, 0.1) is 0 Å². The third kappa shape index (κ3) is 4.70. The van der Waals surface area contributed by atoms with Gasteiger partial charge in [0.05, 0.1) is 11.4 Å². The number of hydrogen-bond acceptors (Lipinski definition) is 7. The molecule has 3 aromatic rings. The molecule has 3 rings (SSSR count). The van der Waals surface area contributed by atoms with Gasteiger partial charge >= 0.3 is 11.9 Å². The predicted molar refractivity (Wildman–Crippen MR) is 91.0 cm³/mol. The summed E-state index contributed by atoms with van der Waals surface area (Å²) >= 11 is 0. The van der Waals surface area contributed by atoms with Crippen molar-refractivity contribution in [2.45, 2.75) is 13.2 Å². The van der Waals surface area contributed by atoms with E-state index in [2.05, 4.69) is 15.0 Å². The highest BCUT2D eigenvalue weighted by atomic mass is 16.5. The van der Waals surface area contributed by atoms with Gasteiger partial charge in [-0.2, -0.15) is 0 Å². The van der Waals surface area contributed by atoms with Gasteiger partial charge in [-0.3, -0.25) is 9.97 Å². The molecule has 0 N–H and O–H groups in total. The van der Waals surface area contributed by atoms with Crippen molar-refractivity contribution in [3.63, 3.8) is 0 Å². The molecule has 130 valence electrons. The summed E-state index contributed by atoms with van der Waals surface area (Å²) in [4.78, 5) is 36.3. The van der Waals surface area contributed by atoms with E-state index < -0.39 is 11.9 Å². The summed E-state index contributed by atoms with van der Waals surface area (Å²) in [6, 6.07) is 15.1. The van der Waals surface area contributed by atoms with Gasteiger partial charge in [-0.15, -0.1) is 0 Å². The Morgan fingerprint density at radius 2 is 1.19 bits per heavy atom. The molecule has 3 aromatic heterocycles. The van der Waals surface area contributed by atoms with Crippen LogP contribution in [0.3, 0.4) is 0 Å². The molecule has 0 radical (unpaired) electrons. The van der Waals surface area contributed by atoms with Gasteiger partial charge in [0.15, 0.2) is 0 Å². The quantitative estimate of drug-likeness (QED) is 0.632. The summed E-state index contributed by atoms with van der Waals surface area (Å²) in [7, 11) is 0. The molecule has 3 heterocycles. The summed E-state index contributed by atoms with van der Waals surface area (Å²) in [5.41, 5.74) is 1.28. The van der Waals surface area contributed by atoms with E-state index in [-0.39, 0.29) is 24.6 Å². The predicted octanol–water partition coefficient (Wildman–Crippen LogP) is 2.59. The second-order valence-electron chi connectivity index (χ2n) is 5.20. The molecule has 0 aromatic carbocycles. The monoisotopic (exact) mass is 349 g/mol. The van der Waals surface area contributed by atoms with E-state index >= 15 is 0 Å². The van der Waals surface area contributed by atoms with Crippen molar-refractivity contribution in [1.29, 1.82) is 0 Å². The molecule has 0 atom stereocenters. The number of nitrogens with zero attached hydrogens (tertiary/aromatic N) is 3. The van der Waals surface area contributed by atoms with Crippen LogP contribution >= 0.6 is 0 Å². The number of carbonyl (C=O) groups is 2. The first kappa shape index (κ1) is 17.2. The second kappa shape index (κ2) is 8.48. The maximum atomic E-state index is 12.1. The SMILES string of the molecule is O=C(OCc1ccccn1)c1cccc(C(=O)OCc2ccccn2)n1. The van der Waals surface area contributed by atoms with Gasteiger partial charge in [-0.05, 0) is 36.4 Å². The summed E-state index contributed by atoms with van der Waals surface area (Å²) in [5.74, 6) is -1.29. The van der Waals surface area contributed by atoms with E-state index in [9.17, 15) is 9.59 Å². The van der Waals surface area contributed by atoms with Gasteiger partial charge in [-0.1, -0.05) is 18.2 Å². The van der Waals surface area contributed by atoms with E-state index in [4.69, 9.17) is 9.47 Å². The average molecular weight is 349 g/mol. The van der Waals surface area contributed by atoms with Gasteiger partial charge in [0.1, 0.15) is 24.6 Å². The largest absolute Gasteiger partial charge is 0.454 e. The Morgan fingerprint density at radius 1 is 0.692 bits per heavy atom. The highest BCUT2D eigenvalue weighted by molar-refractivity contribution is 5.91. The van der Waals surface area contributed by atoms with E-state index in [1.165, 1.54) is 12.1 Å². The summed E-state index contributed by atoms with van der Waals surface area (Å²) in [5, 5.41) is 0. The highest BCUT2D eigenvalue weighted by Crippen LogP contribution is 2.07. The standard InChI is InChI=1S/C19H15N3O4/c23-18(25-12-14-6-1-3-10-20-14)16-8-5-9-17(22-16)19(24)26-13-15-7-2-4-11-21-15/h1-11H,12-13H2. The molecule has 26 heavy (non-hydrogen) atoms. The van der Waals surface area contributed by atoms with Crippen LogP contribution in [0.15, 0.2) is 67.0 Å². The molecule has 7 heteroatoms. The Morgan fingerprint density at radius 3 is 1.62 bits per heavy atom. The number of ether oxygens (including phenoxy) is 2. The molecular formula is C19H15N3O4. The minimum absolute atomic E-state index is 0.0215. The molecule has 0 saturated heterocycles. The first-order valence-corrected chi connectivity index (χ1v) is 7.83. The third-order valence-electron chi connectivity index (χ3n) is 3.32. The molecule has 0 aliphatic heterocycles. The van der Waals surface area contributed by atoms with Crippen molar-refractivity contribution in [3.8, 4) is 0 Å². The van der Waals surface area contributed by atoms with Crippen molar-refractivity contribution in [2.24, 2.45) is 0 Å². The van der Waals surface area contributed by atoms with Crippen molar-refractivity contribution >= 4 is 11.9 Å². The highest BCUT2D eigenvalue weighted by Gasteiger charge is 2.15. The minimum Gasteiger partial charge on any atom is -0.454 e. The maximum Gasteiger partial charge on any atom is 0.357 e. The lowest BCUT2D eigenvalue weighted by Crippen LogP contribution is -2.13. The number of hydrogen-bond donors (Lipinski definition) is 0. The molecule has 0 aliphatic carbocycles. The number of esters is 2. The average Bonchev–Trinajstić information content (AvgIpc) is 2.72. The van der Waals surface area contributed by atoms with Gasteiger partial charge in [-0.25, -0.2) is 14.6 Å². The molecule has 0 amide bonds. The Bertz CT molecular complexity index is 815. The Hall–Kier alpha value is -3.61. The van der Waals surface area contributed by atoms with E-state index in [1.54, 1.807) is 54.9 Å². The first-order valence-electron chi connectivity index (χ1n) is 7.83. The van der Waals surface area contributed by atoms with Crippen molar-refractivity contribution in [3.05, 3.63) is 89.8 Å². The zero-order valence-corrected chi connectivity index (χ0v) is 13.7. The number of pyridine rings is 3. The molecule has 0 unspecified atom stereocenters. The summed E-state index contributed by atoms with van der Waals surface area (Å²) in [6.45, 7) is 0.0470. The lowest BCUT2D eigenvalue weighted by atomic mass is 10.3. The summed E-state index contributed by atoms with van der Waals surface area (Å²) in [6.07, 6.45) is 3.22. The number of carbonyl (C=O) groups excluding carboxylic acids is 2. The van der Waals surface area contributed by atoms with Gasteiger partial charge in [0.25, 0.3) is 0 Å². The molecular weight excluding hydrogens is 334 g/mol. The third-order valence-corrected chi connectivity index (χ3v) is 3.32. The molecule has 0 saturated carbocycles. The van der Waals surface area contributed by atoms with Crippen molar-refractivity contribution in [2.75, 3.05) is 0 Å². The minimum atomic E-state index is -0.643. The van der Waals surface area contributed by atoms with E-state index in [0.29, 0.717) is 11.4 Å². The second-order valence-corrected chi connectivity index (χ2v) is 5.20. The first-order chi connectivity index (χ1) is 12.7. The lowest BCUT2D eigenvalue weighted by molar-refractivity contribution is 0.0451. The smallest absolute Gasteiger partial charge is 0.357 e. The molecule has 0 spiro atoms. The maximum absolute atomic E-state index is 12.1. The molecule has 7 nitrogen and oxygen atoms in total. The van der Waals surface area contributed by atoms with Crippen LogP contribution < -0.4 is 0 Å². The van der Waals surface area contributed by atoms with Crippen LogP contribution in [0.2, 0.25) is 0 Å². The number of rotatable bonds is 6. The fraction of sp³-hybridized carbons (Fsp3) is 0.105. The van der Waals surface area contributed by atoms with Crippen LogP contribution in [0.4, 0.5) is 0 Å². The van der Waals surface area contributed by atoms with Crippen LogP contribution in [0.5, 0.6) is 0 Å². The molecule has 0 aliphatic rings. The summed E-state index contributed by atoms with van der Waals surface area (Å²) < 4.78 is 10.3. The zero-order chi connectivity index (χ0) is 18.2.